The van der Waals surface area contributed by atoms with Gasteiger partial charge in [-0.2, -0.15) is 5.26 Å². The quantitative estimate of drug-likeness (QED) is 0.710. The molecule has 1 heterocycles. The maximum Gasteiger partial charge on any atom is 0.159 e. The first kappa shape index (κ1) is 10.6. The van der Waals surface area contributed by atoms with Crippen LogP contribution in [-0.4, -0.2) is 26.3 Å². The fourth-order valence-electron chi connectivity index (χ4n) is 0.988. The number of rotatable bonds is 3. The van der Waals surface area contributed by atoms with Crippen LogP contribution in [0.15, 0.2) is 12.3 Å². The lowest BCUT2D eigenvalue weighted by atomic mass is 10.1. The second-order valence-corrected chi connectivity index (χ2v) is 2.93. The molecule has 5 nitrogen and oxygen atoms in total. The van der Waals surface area contributed by atoms with Crippen LogP contribution < -0.4 is 0 Å². The zero-order valence-corrected chi connectivity index (χ0v) is 7.75. The Balaban J connectivity index is 2.79. The second kappa shape index (κ2) is 4.65. The minimum absolute atomic E-state index is 0.140. The van der Waals surface area contributed by atoms with Crippen LogP contribution in [0.5, 0.6) is 0 Å². The molecule has 0 aliphatic rings. The lowest BCUT2D eigenvalue weighted by Gasteiger charge is -2.13. The first-order valence-corrected chi connectivity index (χ1v) is 4.17. The van der Waals surface area contributed by atoms with Crippen molar-refractivity contribution in [3.05, 3.63) is 23.8 Å². The van der Waals surface area contributed by atoms with E-state index in [1.807, 2.05) is 0 Å². The summed E-state index contributed by atoms with van der Waals surface area (Å²) in [7, 11) is 0. The van der Waals surface area contributed by atoms with Crippen LogP contribution >= 0.6 is 0 Å². The first-order chi connectivity index (χ1) is 6.65. The molecule has 1 aromatic heterocycles. The standard InChI is InChI=1S/C9H11N3O2/c1-6-3-5-11-9(12-6)8(14)7(13)2-4-10/h3,5,7-8,13-14H,2H2,1H3. The van der Waals surface area contributed by atoms with Gasteiger partial charge >= 0.3 is 0 Å². The van der Waals surface area contributed by atoms with Gasteiger partial charge in [-0.3, -0.25) is 0 Å². The minimum Gasteiger partial charge on any atom is -0.389 e. The maximum absolute atomic E-state index is 9.52. The molecule has 0 spiro atoms. The third-order valence-corrected chi connectivity index (χ3v) is 1.74. The van der Waals surface area contributed by atoms with Crippen LogP contribution in [0.25, 0.3) is 0 Å². The molecule has 0 amide bonds. The van der Waals surface area contributed by atoms with E-state index in [0.717, 1.165) is 0 Å². The monoisotopic (exact) mass is 193 g/mol. The highest BCUT2D eigenvalue weighted by Crippen LogP contribution is 2.14. The van der Waals surface area contributed by atoms with Gasteiger partial charge < -0.3 is 10.2 Å². The van der Waals surface area contributed by atoms with Gasteiger partial charge in [-0.1, -0.05) is 0 Å². The number of aliphatic hydroxyl groups excluding tert-OH is 2. The van der Waals surface area contributed by atoms with E-state index in [1.54, 1.807) is 19.1 Å². The van der Waals surface area contributed by atoms with E-state index in [1.165, 1.54) is 6.20 Å². The SMILES string of the molecule is Cc1ccnc(C(O)C(O)CC#N)n1. The first-order valence-electron chi connectivity index (χ1n) is 4.17. The Bertz CT molecular complexity index is 348. The van der Waals surface area contributed by atoms with Crippen molar-refractivity contribution in [3.8, 4) is 6.07 Å². The zero-order chi connectivity index (χ0) is 10.6. The van der Waals surface area contributed by atoms with Crippen molar-refractivity contribution in [2.75, 3.05) is 0 Å². The average molecular weight is 193 g/mol. The zero-order valence-electron chi connectivity index (χ0n) is 7.75. The summed E-state index contributed by atoms with van der Waals surface area (Å²) in [6.07, 6.45) is -0.977. The van der Waals surface area contributed by atoms with Crippen molar-refractivity contribution in [1.82, 2.24) is 9.97 Å². The number of hydrogen-bond donors (Lipinski definition) is 2. The smallest absolute Gasteiger partial charge is 0.159 e. The Labute approximate surface area is 81.7 Å². The van der Waals surface area contributed by atoms with Gasteiger partial charge in [0.1, 0.15) is 12.2 Å². The van der Waals surface area contributed by atoms with Gasteiger partial charge in [0, 0.05) is 11.9 Å². The number of aryl methyl sites for hydroxylation is 1. The third kappa shape index (κ3) is 2.49. The molecule has 1 rings (SSSR count). The van der Waals surface area contributed by atoms with Gasteiger partial charge in [-0.25, -0.2) is 9.97 Å². The Kier molecular flexibility index (Phi) is 3.51. The van der Waals surface area contributed by atoms with E-state index in [-0.39, 0.29) is 12.2 Å². The van der Waals surface area contributed by atoms with Crippen LogP contribution in [0.4, 0.5) is 0 Å². The molecule has 0 saturated heterocycles. The summed E-state index contributed by atoms with van der Waals surface area (Å²) in [5, 5.41) is 27.2. The van der Waals surface area contributed by atoms with Crippen molar-refractivity contribution in [2.24, 2.45) is 0 Å². The largest absolute Gasteiger partial charge is 0.389 e. The highest BCUT2D eigenvalue weighted by Gasteiger charge is 2.20. The van der Waals surface area contributed by atoms with E-state index in [2.05, 4.69) is 9.97 Å². The molecule has 2 N–H and O–H groups in total. The van der Waals surface area contributed by atoms with Gasteiger partial charge in [0.25, 0.3) is 0 Å². The number of aromatic nitrogens is 2. The van der Waals surface area contributed by atoms with E-state index >= 15 is 0 Å². The Morgan fingerprint density at radius 1 is 1.57 bits per heavy atom. The van der Waals surface area contributed by atoms with Crippen molar-refractivity contribution >= 4 is 0 Å². The molecule has 5 heteroatoms. The summed E-state index contributed by atoms with van der Waals surface area (Å²) in [6, 6.07) is 3.45. The summed E-state index contributed by atoms with van der Waals surface area (Å²) in [6.45, 7) is 1.76. The molecule has 1 aromatic rings. The molecule has 2 atom stereocenters. The molecule has 0 bridgehead atoms. The highest BCUT2D eigenvalue weighted by atomic mass is 16.3. The molecule has 14 heavy (non-hydrogen) atoms. The van der Waals surface area contributed by atoms with Crippen LogP contribution in [0.2, 0.25) is 0 Å². The molecule has 74 valence electrons. The van der Waals surface area contributed by atoms with Crippen LogP contribution in [0, 0.1) is 18.3 Å². The summed E-state index contributed by atoms with van der Waals surface area (Å²) < 4.78 is 0. The van der Waals surface area contributed by atoms with E-state index in [0.29, 0.717) is 5.69 Å². The minimum atomic E-state index is -1.20. The third-order valence-electron chi connectivity index (χ3n) is 1.74. The number of hydrogen-bond acceptors (Lipinski definition) is 5. The molecule has 0 fully saturated rings. The van der Waals surface area contributed by atoms with Gasteiger partial charge in [0.15, 0.2) is 5.82 Å². The number of aliphatic hydroxyl groups is 2. The molecule has 0 aromatic carbocycles. The van der Waals surface area contributed by atoms with Crippen LogP contribution in [0.1, 0.15) is 24.0 Å². The summed E-state index contributed by atoms with van der Waals surface area (Å²) in [5.41, 5.74) is 0.707. The van der Waals surface area contributed by atoms with Gasteiger partial charge in [-0.05, 0) is 13.0 Å². The summed E-state index contributed by atoms with van der Waals surface area (Å²) in [4.78, 5) is 7.76. The predicted molar refractivity (Wildman–Crippen MR) is 48.0 cm³/mol. The van der Waals surface area contributed by atoms with Crippen LogP contribution in [-0.2, 0) is 0 Å². The molecular formula is C9H11N3O2. The Morgan fingerprint density at radius 3 is 2.86 bits per heavy atom. The van der Waals surface area contributed by atoms with E-state index < -0.39 is 12.2 Å². The Hall–Kier alpha value is -1.51. The molecule has 0 radical (unpaired) electrons. The maximum atomic E-state index is 9.52. The van der Waals surface area contributed by atoms with Gasteiger partial charge in [0.05, 0.1) is 12.5 Å². The Morgan fingerprint density at radius 2 is 2.29 bits per heavy atom. The topological polar surface area (TPSA) is 90.0 Å². The number of nitriles is 1. The van der Waals surface area contributed by atoms with Crippen molar-refractivity contribution in [2.45, 2.75) is 25.6 Å². The molecular weight excluding hydrogens is 182 g/mol. The predicted octanol–water partition coefficient (Wildman–Crippen LogP) is 0.0930. The van der Waals surface area contributed by atoms with Crippen molar-refractivity contribution in [3.63, 3.8) is 0 Å². The van der Waals surface area contributed by atoms with E-state index in [4.69, 9.17) is 5.26 Å². The van der Waals surface area contributed by atoms with Crippen molar-refractivity contribution < 1.29 is 10.2 Å². The van der Waals surface area contributed by atoms with Crippen molar-refractivity contribution in [1.29, 1.82) is 5.26 Å². The van der Waals surface area contributed by atoms with Gasteiger partial charge in [0.2, 0.25) is 0 Å². The fraction of sp³-hybridized carbons (Fsp3) is 0.444. The second-order valence-electron chi connectivity index (χ2n) is 2.93. The summed E-state index contributed by atoms with van der Waals surface area (Å²) in [5.74, 6) is 0.146. The van der Waals surface area contributed by atoms with Gasteiger partial charge in [-0.15, -0.1) is 0 Å². The average Bonchev–Trinajstić information content (AvgIpc) is 2.17. The lowest BCUT2D eigenvalue weighted by molar-refractivity contribution is 0.0161. The molecule has 2 unspecified atom stereocenters. The molecule has 0 saturated carbocycles. The summed E-state index contributed by atoms with van der Waals surface area (Å²) >= 11 is 0. The molecule has 0 aliphatic carbocycles. The fourth-order valence-corrected chi connectivity index (χ4v) is 0.988. The van der Waals surface area contributed by atoms with E-state index in [9.17, 15) is 10.2 Å². The lowest BCUT2D eigenvalue weighted by Crippen LogP contribution is -2.20. The normalized spacial score (nSPS) is 14.4. The highest BCUT2D eigenvalue weighted by molar-refractivity contribution is 5.03. The molecule has 0 aliphatic heterocycles. The van der Waals surface area contributed by atoms with Crippen LogP contribution in [0.3, 0.4) is 0 Å². The number of nitrogens with zero attached hydrogens (tertiary/aromatic N) is 3.